The van der Waals surface area contributed by atoms with E-state index in [1.165, 1.54) is 15.8 Å². The van der Waals surface area contributed by atoms with Gasteiger partial charge in [-0.2, -0.15) is 0 Å². The molecule has 0 radical (unpaired) electrons. The Morgan fingerprint density at radius 1 is 1.00 bits per heavy atom. The molecule has 0 heterocycles. The number of nitrogens with two attached hydrogens (primary N) is 1. The molecule has 0 atom stereocenters. The van der Waals surface area contributed by atoms with Gasteiger partial charge >= 0.3 is 54.7 Å². The van der Waals surface area contributed by atoms with Gasteiger partial charge in [0, 0.05) is 0 Å². The molecule has 0 aliphatic rings. The van der Waals surface area contributed by atoms with Crippen LogP contribution in [0.4, 0.5) is 0 Å². The second-order valence-corrected chi connectivity index (χ2v) is 12.6. The summed E-state index contributed by atoms with van der Waals surface area (Å²) in [5, 5.41) is 3.85. The van der Waals surface area contributed by atoms with Crippen LogP contribution in [0.1, 0.15) is 20.8 Å². The predicted molar refractivity (Wildman–Crippen MR) is 41.4 cm³/mol. The summed E-state index contributed by atoms with van der Waals surface area (Å²) in [6.45, 7) is 6.69. The number of rotatable bonds is 3. The molecule has 0 aliphatic carbocycles. The molecule has 0 saturated carbocycles. The SMILES string of the molecule is C[CH2][Ge]([NH2])([CH2]C)[CH2]C. The van der Waals surface area contributed by atoms with Gasteiger partial charge in [0.05, 0.1) is 0 Å². The fraction of sp³-hybridized carbons (Fsp3) is 1.00. The van der Waals surface area contributed by atoms with Crippen LogP contribution in [0.25, 0.3) is 0 Å². The van der Waals surface area contributed by atoms with Crippen molar-refractivity contribution in [1.82, 2.24) is 0 Å². The molecular weight excluding hydrogens is 159 g/mol. The van der Waals surface area contributed by atoms with Gasteiger partial charge in [-0.25, -0.2) is 0 Å². The van der Waals surface area contributed by atoms with Crippen molar-refractivity contribution in [2.75, 3.05) is 0 Å². The Kier molecular flexibility index (Phi) is 3.73. The van der Waals surface area contributed by atoms with Crippen LogP contribution in [-0.4, -0.2) is 13.5 Å². The van der Waals surface area contributed by atoms with E-state index in [1.54, 1.807) is 0 Å². The van der Waals surface area contributed by atoms with E-state index in [1.807, 2.05) is 0 Å². The molecule has 2 N–H and O–H groups in total. The van der Waals surface area contributed by atoms with Crippen LogP contribution < -0.4 is 4.69 Å². The van der Waals surface area contributed by atoms with E-state index in [0.29, 0.717) is 0 Å². The van der Waals surface area contributed by atoms with Gasteiger partial charge in [0.2, 0.25) is 0 Å². The summed E-state index contributed by atoms with van der Waals surface area (Å²) < 4.78 is 6.08. The van der Waals surface area contributed by atoms with Crippen molar-refractivity contribution in [3.8, 4) is 0 Å². The molecule has 0 fully saturated rings. The molecule has 0 unspecified atom stereocenters. The molecule has 0 aromatic carbocycles. The maximum absolute atomic E-state index is 6.08. The quantitative estimate of drug-likeness (QED) is 0.653. The van der Waals surface area contributed by atoms with Crippen molar-refractivity contribution >= 4 is 13.5 Å². The van der Waals surface area contributed by atoms with Crippen LogP contribution in [-0.2, 0) is 0 Å². The van der Waals surface area contributed by atoms with E-state index in [9.17, 15) is 0 Å². The van der Waals surface area contributed by atoms with Gasteiger partial charge in [0.15, 0.2) is 0 Å². The molecule has 2 heteroatoms. The van der Waals surface area contributed by atoms with E-state index in [0.717, 1.165) is 0 Å². The summed E-state index contributed by atoms with van der Waals surface area (Å²) in [7, 11) is 0. The number of hydrogen-bond acceptors (Lipinski definition) is 1. The van der Waals surface area contributed by atoms with E-state index in [2.05, 4.69) is 20.8 Å². The first-order valence-electron chi connectivity index (χ1n) is 3.47. The van der Waals surface area contributed by atoms with Gasteiger partial charge in [-0.1, -0.05) is 0 Å². The first kappa shape index (κ1) is 8.50. The standard InChI is InChI=1S/C6H17GeN/c1-4-7(8,5-2)6-3/h4-6,8H2,1-3H3. The van der Waals surface area contributed by atoms with Gasteiger partial charge in [0.1, 0.15) is 0 Å². The molecule has 0 bridgehead atoms. The molecule has 8 heavy (non-hydrogen) atoms. The van der Waals surface area contributed by atoms with Crippen LogP contribution >= 0.6 is 0 Å². The van der Waals surface area contributed by atoms with E-state index in [-0.39, 0.29) is 0 Å². The fourth-order valence-corrected chi connectivity index (χ4v) is 3.90. The molecule has 0 aliphatic heterocycles. The number of hydrogen-bond donors (Lipinski definition) is 1. The zero-order chi connectivity index (χ0) is 6.62. The molecule has 1 nitrogen and oxygen atoms in total. The normalized spacial score (nSPS) is 12.0. The van der Waals surface area contributed by atoms with Crippen molar-refractivity contribution in [3.63, 3.8) is 0 Å². The first-order chi connectivity index (χ1) is 3.68. The van der Waals surface area contributed by atoms with Crippen molar-refractivity contribution in [1.29, 1.82) is 0 Å². The van der Waals surface area contributed by atoms with E-state index in [4.69, 9.17) is 4.69 Å². The van der Waals surface area contributed by atoms with Crippen molar-refractivity contribution in [2.45, 2.75) is 36.5 Å². The van der Waals surface area contributed by atoms with Crippen LogP contribution in [0.3, 0.4) is 0 Å². The van der Waals surface area contributed by atoms with Crippen molar-refractivity contribution in [2.24, 2.45) is 4.69 Å². The van der Waals surface area contributed by atoms with Gasteiger partial charge in [-0.05, 0) is 0 Å². The molecule has 0 aromatic rings. The molecular formula is C6H17GeN. The van der Waals surface area contributed by atoms with E-state index >= 15 is 0 Å². The summed E-state index contributed by atoms with van der Waals surface area (Å²) in [6.07, 6.45) is 0. The van der Waals surface area contributed by atoms with Gasteiger partial charge in [0.25, 0.3) is 0 Å². The summed E-state index contributed by atoms with van der Waals surface area (Å²) in [4.78, 5) is 0. The minimum atomic E-state index is -1.62. The van der Waals surface area contributed by atoms with Gasteiger partial charge in [-0.3, -0.25) is 0 Å². The first-order valence-corrected chi connectivity index (χ1v) is 9.13. The van der Waals surface area contributed by atoms with E-state index < -0.39 is 13.5 Å². The van der Waals surface area contributed by atoms with Gasteiger partial charge < -0.3 is 0 Å². The Hall–Kier alpha value is 0.503. The van der Waals surface area contributed by atoms with Crippen LogP contribution in [0.15, 0.2) is 0 Å². The zero-order valence-corrected chi connectivity index (χ0v) is 8.30. The van der Waals surface area contributed by atoms with Crippen LogP contribution in [0.5, 0.6) is 0 Å². The van der Waals surface area contributed by atoms with Crippen LogP contribution in [0.2, 0.25) is 15.8 Å². The second-order valence-electron chi connectivity index (χ2n) is 2.42. The monoisotopic (exact) mass is 177 g/mol. The minimum absolute atomic E-state index is 1.28. The maximum atomic E-state index is 6.08. The Morgan fingerprint density at radius 2 is 1.25 bits per heavy atom. The average Bonchev–Trinajstić information content (AvgIpc) is 1.87. The summed E-state index contributed by atoms with van der Waals surface area (Å²) >= 11 is -1.62. The Morgan fingerprint density at radius 3 is 1.25 bits per heavy atom. The third-order valence-corrected chi connectivity index (χ3v) is 11.0. The Labute approximate surface area is 55.2 Å². The van der Waals surface area contributed by atoms with Crippen molar-refractivity contribution < 1.29 is 0 Å². The molecule has 0 amide bonds. The van der Waals surface area contributed by atoms with Crippen LogP contribution in [0, 0.1) is 0 Å². The third kappa shape index (κ3) is 2.18. The Bertz CT molecular complexity index is 51.3. The second kappa shape index (κ2) is 3.51. The predicted octanol–water partition coefficient (Wildman–Crippen LogP) is 1.95. The zero-order valence-electron chi connectivity index (χ0n) is 6.20. The Balaban J connectivity index is 3.58. The fourth-order valence-electron chi connectivity index (χ4n) is 0.750. The summed E-state index contributed by atoms with van der Waals surface area (Å²) in [5.41, 5.74) is 0. The molecule has 0 saturated heterocycles. The molecule has 50 valence electrons. The van der Waals surface area contributed by atoms with Crippen molar-refractivity contribution in [3.05, 3.63) is 0 Å². The molecule has 0 aromatic heterocycles. The molecule has 0 spiro atoms. The third-order valence-electron chi connectivity index (χ3n) is 2.11. The molecule has 0 rings (SSSR count). The van der Waals surface area contributed by atoms with Gasteiger partial charge in [-0.15, -0.1) is 0 Å². The topological polar surface area (TPSA) is 26.0 Å². The summed E-state index contributed by atoms with van der Waals surface area (Å²) in [6, 6.07) is 0. The average molecular weight is 176 g/mol. The summed E-state index contributed by atoms with van der Waals surface area (Å²) in [5.74, 6) is 0.